The molecule has 1 aliphatic heterocycles. The molecule has 0 bridgehead atoms. The van der Waals surface area contributed by atoms with Crippen LogP contribution in [0, 0.1) is 17.5 Å². The summed E-state index contributed by atoms with van der Waals surface area (Å²) >= 11 is 3.09. The minimum absolute atomic E-state index is 0.0650. The highest BCUT2D eigenvalue weighted by Crippen LogP contribution is 2.35. The van der Waals surface area contributed by atoms with Gasteiger partial charge in [-0.3, -0.25) is 0 Å². The van der Waals surface area contributed by atoms with Crippen molar-refractivity contribution in [2.24, 2.45) is 0 Å². The van der Waals surface area contributed by atoms with Gasteiger partial charge in [-0.25, -0.2) is 13.2 Å². The fraction of sp³-hybridized carbons (Fsp3) is 0.250. The molecule has 1 fully saturated rings. The summed E-state index contributed by atoms with van der Waals surface area (Å²) in [6.45, 7) is 1.23. The normalized spacial score (nSPS) is 16.6. The molecule has 0 atom stereocenters. The first kappa shape index (κ1) is 14.6. The van der Waals surface area contributed by atoms with Crippen molar-refractivity contribution in [3.05, 3.63) is 69.4 Å². The van der Waals surface area contributed by atoms with Gasteiger partial charge in [0.15, 0.2) is 0 Å². The fourth-order valence-electron chi connectivity index (χ4n) is 2.73. The second-order valence-corrected chi connectivity index (χ2v) is 6.24. The predicted molar refractivity (Wildman–Crippen MR) is 78.7 cm³/mol. The molecule has 0 spiro atoms. The average molecular weight is 356 g/mol. The molecule has 1 heterocycles. The van der Waals surface area contributed by atoms with Crippen LogP contribution in [0.25, 0.3) is 0 Å². The molecule has 0 aromatic heterocycles. The maximum atomic E-state index is 14.2. The molecule has 0 radical (unpaired) electrons. The van der Waals surface area contributed by atoms with Gasteiger partial charge in [-0.1, -0.05) is 12.1 Å². The van der Waals surface area contributed by atoms with E-state index >= 15 is 0 Å². The van der Waals surface area contributed by atoms with Crippen LogP contribution >= 0.6 is 15.9 Å². The molecule has 3 rings (SSSR count). The molecule has 5 heteroatoms. The van der Waals surface area contributed by atoms with Crippen LogP contribution in [-0.4, -0.2) is 13.1 Å². The molecule has 0 unspecified atom stereocenters. The van der Waals surface area contributed by atoms with Crippen LogP contribution in [0.1, 0.15) is 11.1 Å². The van der Waals surface area contributed by atoms with Crippen molar-refractivity contribution in [1.29, 1.82) is 0 Å². The first-order valence-electron chi connectivity index (χ1n) is 6.61. The topological polar surface area (TPSA) is 12.0 Å². The first-order valence-corrected chi connectivity index (χ1v) is 7.40. The molecule has 1 nitrogen and oxygen atoms in total. The molecule has 0 aliphatic carbocycles. The number of rotatable bonds is 3. The standard InChI is InChI=1S/C16H13BrF3N/c17-13-5-6-14(19)12(15(13)20)7-16(8-21-9-16)10-1-3-11(18)4-2-10/h1-6,21H,7-9H2. The Morgan fingerprint density at radius 2 is 1.67 bits per heavy atom. The van der Waals surface area contributed by atoms with E-state index in [4.69, 9.17) is 0 Å². The van der Waals surface area contributed by atoms with E-state index in [9.17, 15) is 13.2 Å². The van der Waals surface area contributed by atoms with E-state index in [1.165, 1.54) is 24.3 Å². The van der Waals surface area contributed by atoms with Gasteiger partial charge in [-0.15, -0.1) is 0 Å². The van der Waals surface area contributed by atoms with Crippen molar-refractivity contribution in [1.82, 2.24) is 5.32 Å². The van der Waals surface area contributed by atoms with E-state index in [-0.39, 0.29) is 22.3 Å². The SMILES string of the molecule is Fc1ccc(C2(Cc3c(F)ccc(Br)c3F)CNC2)cc1. The number of halogens is 4. The maximum absolute atomic E-state index is 14.2. The van der Waals surface area contributed by atoms with Crippen LogP contribution < -0.4 is 5.32 Å². The third kappa shape index (κ3) is 2.60. The van der Waals surface area contributed by atoms with Crippen LogP contribution in [-0.2, 0) is 11.8 Å². The maximum Gasteiger partial charge on any atom is 0.143 e. The van der Waals surface area contributed by atoms with Crippen molar-refractivity contribution in [2.75, 3.05) is 13.1 Å². The number of benzene rings is 2. The minimum atomic E-state index is -0.566. The Kier molecular flexibility index (Phi) is 3.80. The van der Waals surface area contributed by atoms with E-state index in [0.29, 0.717) is 13.1 Å². The molecule has 0 amide bonds. The lowest BCUT2D eigenvalue weighted by molar-refractivity contribution is 0.268. The largest absolute Gasteiger partial charge is 0.315 e. The third-order valence-electron chi connectivity index (χ3n) is 4.04. The predicted octanol–water partition coefficient (Wildman–Crippen LogP) is 3.95. The summed E-state index contributed by atoms with van der Waals surface area (Å²) in [5, 5.41) is 3.14. The number of hydrogen-bond acceptors (Lipinski definition) is 1. The molecule has 1 N–H and O–H groups in total. The van der Waals surface area contributed by atoms with Gasteiger partial charge in [-0.2, -0.15) is 0 Å². The van der Waals surface area contributed by atoms with Gasteiger partial charge in [0.1, 0.15) is 17.5 Å². The zero-order chi connectivity index (χ0) is 15.0. The van der Waals surface area contributed by atoms with Crippen LogP contribution in [0.4, 0.5) is 13.2 Å². The van der Waals surface area contributed by atoms with Crippen molar-refractivity contribution in [3.63, 3.8) is 0 Å². The minimum Gasteiger partial charge on any atom is -0.315 e. The molecule has 110 valence electrons. The summed E-state index contributed by atoms with van der Waals surface area (Å²) in [5.74, 6) is -1.44. The van der Waals surface area contributed by atoms with Gasteiger partial charge in [0.05, 0.1) is 4.47 Å². The van der Waals surface area contributed by atoms with Crippen molar-refractivity contribution < 1.29 is 13.2 Å². The highest BCUT2D eigenvalue weighted by Gasteiger charge is 2.40. The van der Waals surface area contributed by atoms with Gasteiger partial charge < -0.3 is 5.32 Å². The molecule has 1 saturated heterocycles. The highest BCUT2D eigenvalue weighted by molar-refractivity contribution is 9.10. The Hall–Kier alpha value is -1.33. The molecular formula is C16H13BrF3N. The molecule has 21 heavy (non-hydrogen) atoms. The van der Waals surface area contributed by atoms with Crippen molar-refractivity contribution in [3.8, 4) is 0 Å². The Labute approximate surface area is 129 Å². The first-order chi connectivity index (χ1) is 10.0. The lowest BCUT2D eigenvalue weighted by Gasteiger charge is -2.43. The second kappa shape index (κ2) is 5.46. The second-order valence-electron chi connectivity index (χ2n) is 5.39. The fourth-order valence-corrected chi connectivity index (χ4v) is 3.10. The van der Waals surface area contributed by atoms with Crippen molar-refractivity contribution in [2.45, 2.75) is 11.8 Å². The van der Waals surface area contributed by atoms with Gasteiger partial charge in [-0.05, 0) is 52.2 Å². The van der Waals surface area contributed by atoms with E-state index in [1.807, 2.05) is 0 Å². The summed E-state index contributed by atoms with van der Waals surface area (Å²) < 4.78 is 41.4. The van der Waals surface area contributed by atoms with Crippen molar-refractivity contribution >= 4 is 15.9 Å². The van der Waals surface area contributed by atoms with Crippen LogP contribution in [0.2, 0.25) is 0 Å². The van der Waals surface area contributed by atoms with E-state index < -0.39 is 17.0 Å². The highest BCUT2D eigenvalue weighted by atomic mass is 79.9. The van der Waals surface area contributed by atoms with Crippen LogP contribution in [0.5, 0.6) is 0 Å². The lowest BCUT2D eigenvalue weighted by Crippen LogP contribution is -2.58. The smallest absolute Gasteiger partial charge is 0.143 e. The lowest BCUT2D eigenvalue weighted by atomic mass is 9.71. The van der Waals surface area contributed by atoms with Gasteiger partial charge in [0, 0.05) is 24.1 Å². The Morgan fingerprint density at radius 3 is 2.24 bits per heavy atom. The summed E-state index contributed by atoms with van der Waals surface area (Å²) in [7, 11) is 0. The van der Waals surface area contributed by atoms with Crippen LogP contribution in [0.3, 0.4) is 0 Å². The molecule has 0 saturated carbocycles. The number of nitrogens with one attached hydrogen (secondary N) is 1. The van der Waals surface area contributed by atoms with Gasteiger partial charge in [0.2, 0.25) is 0 Å². The Balaban J connectivity index is 1.99. The molecule has 2 aromatic rings. The summed E-state index contributed by atoms with van der Waals surface area (Å²) in [6.07, 6.45) is 0.239. The van der Waals surface area contributed by atoms with Gasteiger partial charge in [0.25, 0.3) is 0 Å². The molecule has 1 aliphatic rings. The van der Waals surface area contributed by atoms with E-state index in [0.717, 1.165) is 5.56 Å². The zero-order valence-electron chi connectivity index (χ0n) is 11.1. The van der Waals surface area contributed by atoms with E-state index in [1.54, 1.807) is 12.1 Å². The van der Waals surface area contributed by atoms with Gasteiger partial charge >= 0.3 is 0 Å². The third-order valence-corrected chi connectivity index (χ3v) is 4.65. The molecule has 2 aromatic carbocycles. The Morgan fingerprint density at radius 1 is 1.00 bits per heavy atom. The summed E-state index contributed by atoms with van der Waals surface area (Å²) in [5.41, 5.74) is 0.563. The quantitative estimate of drug-likeness (QED) is 0.822. The summed E-state index contributed by atoms with van der Waals surface area (Å²) in [4.78, 5) is 0. The summed E-state index contributed by atoms with van der Waals surface area (Å²) in [6, 6.07) is 8.74. The monoisotopic (exact) mass is 355 g/mol. The zero-order valence-corrected chi connectivity index (χ0v) is 12.7. The molecular weight excluding hydrogens is 343 g/mol. The van der Waals surface area contributed by atoms with E-state index in [2.05, 4.69) is 21.2 Å². The Bertz CT molecular complexity index is 666. The number of hydrogen-bond donors (Lipinski definition) is 1. The van der Waals surface area contributed by atoms with Crippen LogP contribution in [0.15, 0.2) is 40.9 Å². The average Bonchev–Trinajstić information content (AvgIpc) is 2.43.